The van der Waals surface area contributed by atoms with Crippen molar-refractivity contribution in [2.24, 2.45) is 5.41 Å². The number of aliphatic hydroxyl groups is 2. The SMILES string of the molecule is CC1(C)C=C(O)CC(O)C1. The molecule has 0 aliphatic heterocycles. The lowest BCUT2D eigenvalue weighted by Crippen LogP contribution is -2.24. The van der Waals surface area contributed by atoms with E-state index in [-0.39, 0.29) is 11.5 Å². The van der Waals surface area contributed by atoms with Crippen LogP contribution in [0.1, 0.15) is 26.7 Å². The van der Waals surface area contributed by atoms with Gasteiger partial charge in [0.1, 0.15) is 0 Å². The summed E-state index contributed by atoms with van der Waals surface area (Å²) >= 11 is 0. The molecule has 0 bridgehead atoms. The van der Waals surface area contributed by atoms with Gasteiger partial charge in [-0.1, -0.05) is 13.8 Å². The average Bonchev–Trinajstić information content (AvgIpc) is 1.54. The molecule has 10 heavy (non-hydrogen) atoms. The third-order valence-corrected chi connectivity index (χ3v) is 1.76. The van der Waals surface area contributed by atoms with Gasteiger partial charge in [-0.15, -0.1) is 0 Å². The molecule has 1 atom stereocenters. The van der Waals surface area contributed by atoms with Crippen molar-refractivity contribution in [1.82, 2.24) is 0 Å². The predicted octanol–water partition coefficient (Wildman–Crippen LogP) is 1.61. The molecule has 2 N–H and O–H groups in total. The smallest absolute Gasteiger partial charge is 0.0914 e. The Balaban J connectivity index is 2.74. The van der Waals surface area contributed by atoms with Crippen molar-refractivity contribution >= 4 is 0 Å². The minimum Gasteiger partial charge on any atom is -0.513 e. The van der Waals surface area contributed by atoms with Crippen LogP contribution in [0, 0.1) is 5.41 Å². The zero-order valence-corrected chi connectivity index (χ0v) is 6.46. The van der Waals surface area contributed by atoms with Gasteiger partial charge in [0.2, 0.25) is 0 Å². The first-order chi connectivity index (χ1) is 4.49. The molecule has 0 saturated heterocycles. The molecule has 0 heterocycles. The van der Waals surface area contributed by atoms with Gasteiger partial charge >= 0.3 is 0 Å². The first-order valence-corrected chi connectivity index (χ1v) is 3.58. The van der Waals surface area contributed by atoms with Gasteiger partial charge in [0, 0.05) is 6.42 Å². The summed E-state index contributed by atoms with van der Waals surface area (Å²) in [5.74, 6) is 0.323. The first-order valence-electron chi connectivity index (χ1n) is 3.58. The van der Waals surface area contributed by atoms with Crippen molar-refractivity contribution in [3.8, 4) is 0 Å². The predicted molar refractivity (Wildman–Crippen MR) is 39.7 cm³/mol. The Morgan fingerprint density at radius 2 is 2.20 bits per heavy atom. The molecule has 0 amide bonds. The van der Waals surface area contributed by atoms with E-state index >= 15 is 0 Å². The highest BCUT2D eigenvalue weighted by Crippen LogP contribution is 2.31. The zero-order valence-electron chi connectivity index (χ0n) is 6.46. The second-order valence-electron chi connectivity index (χ2n) is 3.69. The van der Waals surface area contributed by atoms with Crippen LogP contribution in [0.15, 0.2) is 11.8 Å². The summed E-state index contributed by atoms with van der Waals surface area (Å²) in [5, 5.41) is 18.3. The molecule has 0 saturated carbocycles. The van der Waals surface area contributed by atoms with E-state index in [0.29, 0.717) is 12.2 Å². The number of allylic oxidation sites excluding steroid dienone is 1. The molecular formula is C8H14O2. The third kappa shape index (κ3) is 1.74. The highest BCUT2D eigenvalue weighted by Gasteiger charge is 2.26. The molecule has 2 nitrogen and oxygen atoms in total. The standard InChI is InChI=1S/C8H14O2/c1-8(2)4-6(9)3-7(10)5-8/h4,7,9-10H,3,5H2,1-2H3. The Bertz CT molecular complexity index is 159. The van der Waals surface area contributed by atoms with Crippen LogP contribution in [0.3, 0.4) is 0 Å². The quantitative estimate of drug-likeness (QED) is 0.539. The van der Waals surface area contributed by atoms with Crippen LogP contribution >= 0.6 is 0 Å². The van der Waals surface area contributed by atoms with Crippen LogP contribution in [-0.4, -0.2) is 16.3 Å². The Morgan fingerprint density at radius 1 is 1.60 bits per heavy atom. The maximum Gasteiger partial charge on any atom is 0.0914 e. The number of aliphatic hydroxyl groups excluding tert-OH is 2. The summed E-state index contributed by atoms with van der Waals surface area (Å²) in [5.41, 5.74) is -0.0399. The van der Waals surface area contributed by atoms with Crippen LogP contribution in [-0.2, 0) is 0 Å². The van der Waals surface area contributed by atoms with Gasteiger partial charge in [-0.2, -0.15) is 0 Å². The van der Waals surface area contributed by atoms with Crippen molar-refractivity contribution in [3.63, 3.8) is 0 Å². The first kappa shape index (κ1) is 7.61. The Kier molecular flexibility index (Phi) is 1.73. The van der Waals surface area contributed by atoms with Gasteiger partial charge in [0.05, 0.1) is 11.9 Å². The van der Waals surface area contributed by atoms with E-state index in [1.54, 1.807) is 0 Å². The molecule has 1 aliphatic carbocycles. The number of hydrogen-bond donors (Lipinski definition) is 2. The molecule has 2 heteroatoms. The molecule has 58 valence electrons. The van der Waals surface area contributed by atoms with Crippen molar-refractivity contribution in [1.29, 1.82) is 0 Å². The molecule has 0 radical (unpaired) electrons. The minimum absolute atomic E-state index is 0.0399. The van der Waals surface area contributed by atoms with E-state index in [2.05, 4.69) is 0 Å². The molecule has 0 aromatic rings. The fourth-order valence-electron chi connectivity index (χ4n) is 1.49. The van der Waals surface area contributed by atoms with Crippen LogP contribution in [0.4, 0.5) is 0 Å². The summed E-state index contributed by atoms with van der Waals surface area (Å²) in [6, 6.07) is 0. The van der Waals surface area contributed by atoms with Gasteiger partial charge in [0.25, 0.3) is 0 Å². The summed E-state index contributed by atoms with van der Waals surface area (Å²) in [7, 11) is 0. The lowest BCUT2D eigenvalue weighted by molar-refractivity contribution is 0.102. The third-order valence-electron chi connectivity index (χ3n) is 1.76. The lowest BCUT2D eigenvalue weighted by Gasteiger charge is -2.28. The van der Waals surface area contributed by atoms with Gasteiger partial charge in [0.15, 0.2) is 0 Å². The summed E-state index contributed by atoms with van der Waals surface area (Å²) < 4.78 is 0. The van der Waals surface area contributed by atoms with Crippen LogP contribution in [0.2, 0.25) is 0 Å². The maximum absolute atomic E-state index is 9.21. The van der Waals surface area contributed by atoms with E-state index < -0.39 is 0 Å². The molecule has 1 unspecified atom stereocenters. The van der Waals surface area contributed by atoms with Crippen LogP contribution < -0.4 is 0 Å². The monoisotopic (exact) mass is 142 g/mol. The van der Waals surface area contributed by atoms with E-state index in [9.17, 15) is 5.11 Å². The van der Waals surface area contributed by atoms with Gasteiger partial charge in [-0.25, -0.2) is 0 Å². The summed E-state index contributed by atoms with van der Waals surface area (Å²) in [6.45, 7) is 4.01. The molecular weight excluding hydrogens is 128 g/mol. The van der Waals surface area contributed by atoms with E-state index in [0.717, 1.165) is 6.42 Å². The van der Waals surface area contributed by atoms with Crippen LogP contribution in [0.5, 0.6) is 0 Å². The highest BCUT2D eigenvalue weighted by molar-refractivity contribution is 5.06. The van der Waals surface area contributed by atoms with Crippen molar-refractivity contribution in [3.05, 3.63) is 11.8 Å². The number of rotatable bonds is 0. The normalized spacial score (nSPS) is 31.5. The maximum atomic E-state index is 9.21. The lowest BCUT2D eigenvalue weighted by atomic mass is 9.81. The second-order valence-corrected chi connectivity index (χ2v) is 3.69. The molecule has 1 aliphatic rings. The van der Waals surface area contributed by atoms with Gasteiger partial charge in [-0.05, 0) is 17.9 Å². The Morgan fingerprint density at radius 3 is 2.60 bits per heavy atom. The largest absolute Gasteiger partial charge is 0.513 e. The van der Waals surface area contributed by atoms with Crippen LogP contribution in [0.25, 0.3) is 0 Å². The fourth-order valence-corrected chi connectivity index (χ4v) is 1.49. The Labute approximate surface area is 61.2 Å². The van der Waals surface area contributed by atoms with Crippen molar-refractivity contribution < 1.29 is 10.2 Å². The molecule has 0 aromatic carbocycles. The summed E-state index contributed by atoms with van der Waals surface area (Å²) in [6.07, 6.45) is 2.63. The molecule has 0 spiro atoms. The van der Waals surface area contributed by atoms with Crippen molar-refractivity contribution in [2.45, 2.75) is 32.8 Å². The Hall–Kier alpha value is -0.500. The average molecular weight is 142 g/mol. The van der Waals surface area contributed by atoms with E-state index in [4.69, 9.17) is 5.11 Å². The van der Waals surface area contributed by atoms with E-state index in [1.165, 1.54) is 0 Å². The highest BCUT2D eigenvalue weighted by atomic mass is 16.3. The fraction of sp³-hybridized carbons (Fsp3) is 0.750. The molecule has 1 rings (SSSR count). The van der Waals surface area contributed by atoms with Crippen molar-refractivity contribution in [2.75, 3.05) is 0 Å². The molecule has 0 fully saturated rings. The zero-order chi connectivity index (χ0) is 7.78. The van der Waals surface area contributed by atoms with Gasteiger partial charge in [-0.3, -0.25) is 0 Å². The van der Waals surface area contributed by atoms with E-state index in [1.807, 2.05) is 19.9 Å². The van der Waals surface area contributed by atoms with Gasteiger partial charge < -0.3 is 10.2 Å². The minimum atomic E-state index is -0.361. The second kappa shape index (κ2) is 2.27. The topological polar surface area (TPSA) is 40.5 Å². The number of hydrogen-bond acceptors (Lipinski definition) is 2. The molecule has 0 aromatic heterocycles. The summed E-state index contributed by atoms with van der Waals surface area (Å²) in [4.78, 5) is 0.